The second-order valence-electron chi connectivity index (χ2n) is 5.56. The van der Waals surface area contributed by atoms with Crippen LogP contribution in [0, 0.1) is 0 Å². The first-order valence-corrected chi connectivity index (χ1v) is 8.66. The van der Waals surface area contributed by atoms with Gasteiger partial charge in [0.1, 0.15) is 0 Å². The van der Waals surface area contributed by atoms with Crippen LogP contribution >= 0.6 is 11.3 Å². The fourth-order valence-electron chi connectivity index (χ4n) is 3.23. The van der Waals surface area contributed by atoms with Crippen molar-refractivity contribution in [3.63, 3.8) is 0 Å². The normalized spacial score (nSPS) is 23.2. The standard InChI is InChI=1S/C16H28N2S/c1-3-13-8-6-5-7-11-18(13)15(12-17)16-10-9-14(4-2)19-16/h9-10,13,15H,3-8,11-12,17H2,1-2H3. The highest BCUT2D eigenvalue weighted by Crippen LogP contribution is 2.32. The Balaban J connectivity index is 2.18. The van der Waals surface area contributed by atoms with Crippen molar-refractivity contribution >= 4 is 11.3 Å². The second kappa shape index (κ2) is 7.41. The van der Waals surface area contributed by atoms with E-state index in [1.165, 1.54) is 48.4 Å². The molecule has 1 aromatic heterocycles. The molecule has 2 rings (SSSR count). The molecule has 0 saturated carbocycles. The molecule has 0 radical (unpaired) electrons. The highest BCUT2D eigenvalue weighted by atomic mass is 32.1. The number of nitrogens with two attached hydrogens (primary N) is 1. The summed E-state index contributed by atoms with van der Waals surface area (Å²) in [5.74, 6) is 0. The van der Waals surface area contributed by atoms with E-state index in [2.05, 4.69) is 30.9 Å². The van der Waals surface area contributed by atoms with Crippen molar-refractivity contribution in [3.8, 4) is 0 Å². The zero-order valence-electron chi connectivity index (χ0n) is 12.4. The summed E-state index contributed by atoms with van der Waals surface area (Å²) in [5.41, 5.74) is 6.12. The van der Waals surface area contributed by atoms with Crippen molar-refractivity contribution in [3.05, 3.63) is 21.9 Å². The predicted molar refractivity (Wildman–Crippen MR) is 84.7 cm³/mol. The Kier molecular flexibility index (Phi) is 5.86. The number of rotatable bonds is 5. The fourth-order valence-corrected chi connectivity index (χ4v) is 4.31. The first-order valence-electron chi connectivity index (χ1n) is 7.84. The van der Waals surface area contributed by atoms with Gasteiger partial charge >= 0.3 is 0 Å². The number of thiophene rings is 1. The molecule has 0 spiro atoms. The fraction of sp³-hybridized carbons (Fsp3) is 0.750. The van der Waals surface area contributed by atoms with Crippen molar-refractivity contribution in [2.24, 2.45) is 5.73 Å². The summed E-state index contributed by atoms with van der Waals surface area (Å²) in [6, 6.07) is 5.75. The third-order valence-electron chi connectivity index (χ3n) is 4.38. The van der Waals surface area contributed by atoms with Crippen molar-refractivity contribution < 1.29 is 0 Å². The minimum Gasteiger partial charge on any atom is -0.329 e. The van der Waals surface area contributed by atoms with E-state index in [9.17, 15) is 0 Å². The lowest BCUT2D eigenvalue weighted by atomic mass is 10.0. The van der Waals surface area contributed by atoms with Gasteiger partial charge < -0.3 is 5.73 Å². The Bertz CT molecular complexity index is 375. The SMILES string of the molecule is CCc1ccc(C(CN)N2CCCCCC2CC)s1. The summed E-state index contributed by atoms with van der Waals surface area (Å²) >= 11 is 1.96. The minimum atomic E-state index is 0.438. The van der Waals surface area contributed by atoms with Gasteiger partial charge in [0.2, 0.25) is 0 Å². The topological polar surface area (TPSA) is 29.3 Å². The maximum Gasteiger partial charge on any atom is 0.0566 e. The average Bonchev–Trinajstić information content (AvgIpc) is 2.78. The molecular weight excluding hydrogens is 252 g/mol. The molecule has 2 nitrogen and oxygen atoms in total. The van der Waals surface area contributed by atoms with Crippen molar-refractivity contribution in [2.75, 3.05) is 13.1 Å². The maximum atomic E-state index is 6.12. The molecule has 1 aromatic rings. The van der Waals surface area contributed by atoms with E-state index in [-0.39, 0.29) is 0 Å². The van der Waals surface area contributed by atoms with E-state index in [0.717, 1.165) is 19.0 Å². The third-order valence-corrected chi connectivity index (χ3v) is 5.71. The summed E-state index contributed by atoms with van der Waals surface area (Å²) in [6.07, 6.45) is 7.84. The number of likely N-dealkylation sites (tertiary alicyclic amines) is 1. The number of nitrogens with zero attached hydrogens (tertiary/aromatic N) is 1. The number of hydrogen-bond acceptors (Lipinski definition) is 3. The zero-order valence-corrected chi connectivity index (χ0v) is 13.2. The number of aryl methyl sites for hydroxylation is 1. The highest BCUT2D eigenvalue weighted by molar-refractivity contribution is 7.12. The van der Waals surface area contributed by atoms with Crippen LogP contribution in [0.4, 0.5) is 0 Å². The third kappa shape index (κ3) is 3.59. The maximum absolute atomic E-state index is 6.12. The first-order chi connectivity index (χ1) is 9.30. The van der Waals surface area contributed by atoms with Gasteiger partial charge in [0, 0.05) is 22.3 Å². The van der Waals surface area contributed by atoms with Gasteiger partial charge in [-0.1, -0.05) is 26.7 Å². The predicted octanol–water partition coefficient (Wildman–Crippen LogP) is 3.96. The molecule has 19 heavy (non-hydrogen) atoms. The Morgan fingerprint density at radius 3 is 2.79 bits per heavy atom. The lowest BCUT2D eigenvalue weighted by Crippen LogP contribution is -2.40. The van der Waals surface area contributed by atoms with Gasteiger partial charge in [-0.05, 0) is 44.4 Å². The molecule has 1 aliphatic heterocycles. The highest BCUT2D eigenvalue weighted by Gasteiger charge is 2.27. The van der Waals surface area contributed by atoms with E-state index in [1.54, 1.807) is 0 Å². The van der Waals surface area contributed by atoms with Gasteiger partial charge in [-0.25, -0.2) is 0 Å². The Labute approximate surface area is 122 Å². The Morgan fingerprint density at radius 1 is 1.32 bits per heavy atom. The molecule has 1 fully saturated rings. The van der Waals surface area contributed by atoms with E-state index >= 15 is 0 Å². The van der Waals surface area contributed by atoms with Crippen LogP contribution in [0.2, 0.25) is 0 Å². The van der Waals surface area contributed by atoms with Crippen LogP contribution in [0.5, 0.6) is 0 Å². The van der Waals surface area contributed by atoms with E-state index < -0.39 is 0 Å². The van der Waals surface area contributed by atoms with Crippen LogP contribution in [0.15, 0.2) is 12.1 Å². The average molecular weight is 280 g/mol. The van der Waals surface area contributed by atoms with E-state index in [1.807, 2.05) is 11.3 Å². The smallest absolute Gasteiger partial charge is 0.0566 e. The zero-order chi connectivity index (χ0) is 13.7. The molecular formula is C16H28N2S. The Hall–Kier alpha value is -0.380. The van der Waals surface area contributed by atoms with Gasteiger partial charge in [-0.2, -0.15) is 0 Å². The summed E-state index contributed by atoms with van der Waals surface area (Å²) in [5, 5.41) is 0. The van der Waals surface area contributed by atoms with Gasteiger partial charge in [0.05, 0.1) is 6.04 Å². The second-order valence-corrected chi connectivity index (χ2v) is 6.76. The summed E-state index contributed by atoms with van der Waals surface area (Å²) < 4.78 is 0. The lowest BCUT2D eigenvalue weighted by molar-refractivity contribution is 0.138. The summed E-state index contributed by atoms with van der Waals surface area (Å²) in [7, 11) is 0. The molecule has 1 saturated heterocycles. The first kappa shape index (κ1) is 15.0. The largest absolute Gasteiger partial charge is 0.329 e. The van der Waals surface area contributed by atoms with Crippen LogP contribution in [0.3, 0.4) is 0 Å². The van der Waals surface area contributed by atoms with Crippen LogP contribution in [0.25, 0.3) is 0 Å². The van der Waals surface area contributed by atoms with Gasteiger partial charge in [0.15, 0.2) is 0 Å². The lowest BCUT2D eigenvalue weighted by Gasteiger charge is -2.35. The summed E-state index contributed by atoms with van der Waals surface area (Å²) in [4.78, 5) is 5.65. The molecule has 0 amide bonds. The molecule has 0 aliphatic carbocycles. The van der Waals surface area contributed by atoms with Gasteiger partial charge in [-0.15, -0.1) is 11.3 Å². The molecule has 0 bridgehead atoms. The van der Waals surface area contributed by atoms with Crippen molar-refractivity contribution in [2.45, 2.75) is 64.5 Å². The molecule has 3 heteroatoms. The minimum absolute atomic E-state index is 0.438. The van der Waals surface area contributed by atoms with Gasteiger partial charge in [-0.3, -0.25) is 4.90 Å². The Morgan fingerprint density at radius 2 is 2.16 bits per heavy atom. The molecule has 2 heterocycles. The van der Waals surface area contributed by atoms with Crippen molar-refractivity contribution in [1.29, 1.82) is 0 Å². The number of hydrogen-bond donors (Lipinski definition) is 1. The quantitative estimate of drug-likeness (QED) is 0.884. The molecule has 2 unspecified atom stereocenters. The monoisotopic (exact) mass is 280 g/mol. The summed E-state index contributed by atoms with van der Waals surface area (Å²) in [6.45, 7) is 6.52. The van der Waals surface area contributed by atoms with Crippen LogP contribution in [0.1, 0.15) is 61.7 Å². The molecule has 2 atom stereocenters. The molecule has 0 aromatic carbocycles. The van der Waals surface area contributed by atoms with Crippen LogP contribution in [-0.4, -0.2) is 24.0 Å². The van der Waals surface area contributed by atoms with Gasteiger partial charge in [0.25, 0.3) is 0 Å². The van der Waals surface area contributed by atoms with Crippen molar-refractivity contribution in [1.82, 2.24) is 4.90 Å². The molecule has 2 N–H and O–H groups in total. The van der Waals surface area contributed by atoms with E-state index in [4.69, 9.17) is 5.73 Å². The van der Waals surface area contributed by atoms with E-state index in [0.29, 0.717) is 6.04 Å². The molecule has 108 valence electrons. The molecule has 1 aliphatic rings. The van der Waals surface area contributed by atoms with Crippen LogP contribution in [-0.2, 0) is 6.42 Å². The van der Waals surface area contributed by atoms with Crippen LogP contribution < -0.4 is 5.73 Å².